The van der Waals surface area contributed by atoms with Crippen molar-refractivity contribution in [2.45, 2.75) is 38.0 Å². The van der Waals surface area contributed by atoms with Gasteiger partial charge in [-0.15, -0.1) is 0 Å². The van der Waals surface area contributed by atoms with Crippen LogP contribution in [0.4, 0.5) is 0 Å². The molecule has 1 fully saturated rings. The molecule has 1 heterocycles. The van der Waals surface area contributed by atoms with Gasteiger partial charge in [0.25, 0.3) is 0 Å². The van der Waals surface area contributed by atoms with Crippen LogP contribution in [0.5, 0.6) is 0 Å². The Bertz CT molecular complexity index is 340. The average molecular weight is 202 g/mol. The van der Waals surface area contributed by atoms with Crippen molar-refractivity contribution in [1.82, 2.24) is 10.6 Å². The summed E-state index contributed by atoms with van der Waals surface area (Å²) in [5.41, 5.74) is 1.48. The molecule has 0 saturated carbocycles. The Morgan fingerprint density at radius 3 is 3.20 bits per heavy atom. The van der Waals surface area contributed by atoms with E-state index in [9.17, 15) is 0 Å². The van der Waals surface area contributed by atoms with E-state index in [1.165, 1.54) is 12.0 Å². The SMILES string of the molecule is CCC1NC2C=CC=C3C=CCC(N1)C32. The van der Waals surface area contributed by atoms with E-state index in [1.54, 1.807) is 0 Å². The highest BCUT2D eigenvalue weighted by atomic mass is 15.2. The molecular formula is C13H18N2. The molecule has 15 heavy (non-hydrogen) atoms. The second kappa shape index (κ2) is 3.62. The molecule has 4 atom stereocenters. The minimum atomic E-state index is 0.478. The Morgan fingerprint density at radius 1 is 1.40 bits per heavy atom. The largest absolute Gasteiger partial charge is 0.298 e. The van der Waals surface area contributed by atoms with Gasteiger partial charge in [0.05, 0.1) is 6.17 Å². The predicted molar refractivity (Wildman–Crippen MR) is 62.4 cm³/mol. The lowest BCUT2D eigenvalue weighted by atomic mass is 9.75. The molecule has 80 valence electrons. The van der Waals surface area contributed by atoms with Crippen LogP contribution < -0.4 is 10.6 Å². The number of allylic oxidation sites excluding steroid dienone is 3. The lowest BCUT2D eigenvalue weighted by Crippen LogP contribution is -2.63. The maximum Gasteiger partial charge on any atom is 0.0576 e. The fraction of sp³-hybridized carbons (Fsp3) is 0.538. The van der Waals surface area contributed by atoms with Gasteiger partial charge in [-0.3, -0.25) is 10.6 Å². The van der Waals surface area contributed by atoms with E-state index in [0.29, 0.717) is 24.2 Å². The monoisotopic (exact) mass is 202 g/mol. The highest BCUT2D eigenvalue weighted by molar-refractivity contribution is 5.38. The predicted octanol–water partition coefficient (Wildman–Crippen LogP) is 1.72. The normalized spacial score (nSPS) is 42.3. The van der Waals surface area contributed by atoms with E-state index in [-0.39, 0.29) is 0 Å². The van der Waals surface area contributed by atoms with E-state index < -0.39 is 0 Å². The standard InChI is InChI=1S/C13H18N2/c1-2-12-14-10-7-3-5-9-6-4-8-11(15-12)13(9)10/h3-7,10-15H,2,8H2,1H3. The second-order valence-corrected chi connectivity index (χ2v) is 4.64. The quantitative estimate of drug-likeness (QED) is 0.676. The molecule has 3 aliphatic rings. The molecule has 2 heteroatoms. The topological polar surface area (TPSA) is 24.1 Å². The van der Waals surface area contributed by atoms with Gasteiger partial charge >= 0.3 is 0 Å². The van der Waals surface area contributed by atoms with Crippen LogP contribution in [0.1, 0.15) is 19.8 Å². The molecule has 0 amide bonds. The van der Waals surface area contributed by atoms with Crippen LogP contribution in [-0.2, 0) is 0 Å². The van der Waals surface area contributed by atoms with E-state index in [4.69, 9.17) is 0 Å². The zero-order chi connectivity index (χ0) is 10.3. The third-order valence-electron chi connectivity index (χ3n) is 3.73. The number of nitrogens with one attached hydrogen (secondary N) is 2. The zero-order valence-corrected chi connectivity index (χ0v) is 9.11. The summed E-state index contributed by atoms with van der Waals surface area (Å²) in [6, 6.07) is 1.16. The molecule has 0 radical (unpaired) electrons. The van der Waals surface area contributed by atoms with Crippen LogP contribution in [0.15, 0.2) is 36.0 Å². The Hall–Kier alpha value is -0.860. The van der Waals surface area contributed by atoms with Crippen LogP contribution in [0, 0.1) is 5.92 Å². The summed E-state index contributed by atoms with van der Waals surface area (Å²) < 4.78 is 0. The second-order valence-electron chi connectivity index (χ2n) is 4.64. The maximum absolute atomic E-state index is 3.70. The molecule has 3 rings (SSSR count). The Morgan fingerprint density at radius 2 is 2.33 bits per heavy atom. The fourth-order valence-corrected chi connectivity index (χ4v) is 2.98. The Balaban J connectivity index is 1.92. The first-order chi connectivity index (χ1) is 7.38. The summed E-state index contributed by atoms with van der Waals surface area (Å²) in [5, 5.41) is 7.36. The Kier molecular flexibility index (Phi) is 2.26. The highest BCUT2D eigenvalue weighted by Crippen LogP contribution is 2.33. The maximum atomic E-state index is 3.70. The first kappa shape index (κ1) is 9.37. The van der Waals surface area contributed by atoms with Gasteiger partial charge < -0.3 is 0 Å². The van der Waals surface area contributed by atoms with Crippen LogP contribution >= 0.6 is 0 Å². The van der Waals surface area contributed by atoms with Gasteiger partial charge in [0, 0.05) is 18.0 Å². The highest BCUT2D eigenvalue weighted by Gasteiger charge is 2.38. The van der Waals surface area contributed by atoms with Crippen molar-refractivity contribution >= 4 is 0 Å². The van der Waals surface area contributed by atoms with Crippen LogP contribution in [0.2, 0.25) is 0 Å². The van der Waals surface area contributed by atoms with Gasteiger partial charge in [-0.2, -0.15) is 0 Å². The summed E-state index contributed by atoms with van der Waals surface area (Å²) in [7, 11) is 0. The van der Waals surface area contributed by atoms with Crippen LogP contribution in [0.25, 0.3) is 0 Å². The number of hydrogen-bond donors (Lipinski definition) is 2. The van der Waals surface area contributed by atoms with Crippen molar-refractivity contribution in [3.8, 4) is 0 Å². The molecular weight excluding hydrogens is 184 g/mol. The number of hydrogen-bond acceptors (Lipinski definition) is 2. The van der Waals surface area contributed by atoms with E-state index >= 15 is 0 Å². The average Bonchev–Trinajstić information content (AvgIpc) is 2.29. The van der Waals surface area contributed by atoms with Crippen molar-refractivity contribution in [2.24, 2.45) is 5.92 Å². The van der Waals surface area contributed by atoms with Crippen LogP contribution in [-0.4, -0.2) is 18.2 Å². The van der Waals surface area contributed by atoms with Crippen molar-refractivity contribution in [3.63, 3.8) is 0 Å². The molecule has 0 spiro atoms. The summed E-state index contributed by atoms with van der Waals surface area (Å²) in [6.07, 6.45) is 14.1. The first-order valence-corrected chi connectivity index (χ1v) is 5.95. The van der Waals surface area contributed by atoms with E-state index in [1.807, 2.05) is 0 Å². The van der Waals surface area contributed by atoms with Gasteiger partial charge in [-0.25, -0.2) is 0 Å². The smallest absolute Gasteiger partial charge is 0.0576 e. The molecule has 1 aliphatic heterocycles. The fourth-order valence-electron chi connectivity index (χ4n) is 2.98. The molecule has 0 aromatic carbocycles. The van der Waals surface area contributed by atoms with Crippen molar-refractivity contribution in [3.05, 3.63) is 36.0 Å². The molecule has 0 aromatic rings. The van der Waals surface area contributed by atoms with Crippen molar-refractivity contribution < 1.29 is 0 Å². The van der Waals surface area contributed by atoms with Crippen LogP contribution in [0.3, 0.4) is 0 Å². The molecule has 1 saturated heterocycles. The summed E-state index contributed by atoms with van der Waals surface area (Å²) in [6.45, 7) is 2.23. The molecule has 2 N–H and O–H groups in total. The minimum absolute atomic E-state index is 0.478. The zero-order valence-electron chi connectivity index (χ0n) is 9.11. The molecule has 2 aliphatic carbocycles. The molecule has 2 nitrogen and oxygen atoms in total. The van der Waals surface area contributed by atoms with Gasteiger partial charge in [0.1, 0.15) is 0 Å². The third kappa shape index (κ3) is 1.48. The van der Waals surface area contributed by atoms with E-state index in [2.05, 4.69) is 47.9 Å². The van der Waals surface area contributed by atoms with Gasteiger partial charge in [0.15, 0.2) is 0 Å². The Labute approximate surface area is 91.1 Å². The summed E-state index contributed by atoms with van der Waals surface area (Å²) >= 11 is 0. The van der Waals surface area contributed by atoms with Crippen molar-refractivity contribution in [1.29, 1.82) is 0 Å². The molecule has 0 bridgehead atoms. The summed E-state index contributed by atoms with van der Waals surface area (Å²) in [4.78, 5) is 0. The van der Waals surface area contributed by atoms with Gasteiger partial charge in [-0.1, -0.05) is 37.3 Å². The van der Waals surface area contributed by atoms with Gasteiger partial charge in [0.2, 0.25) is 0 Å². The molecule has 4 unspecified atom stereocenters. The summed E-state index contributed by atoms with van der Waals surface area (Å²) in [5.74, 6) is 0.641. The minimum Gasteiger partial charge on any atom is -0.298 e. The van der Waals surface area contributed by atoms with E-state index in [0.717, 1.165) is 6.42 Å². The lowest BCUT2D eigenvalue weighted by molar-refractivity contribution is 0.202. The number of rotatable bonds is 1. The van der Waals surface area contributed by atoms with Crippen molar-refractivity contribution in [2.75, 3.05) is 0 Å². The first-order valence-electron chi connectivity index (χ1n) is 5.95. The van der Waals surface area contributed by atoms with Gasteiger partial charge in [-0.05, 0) is 18.4 Å². The molecule has 0 aromatic heterocycles. The third-order valence-corrected chi connectivity index (χ3v) is 3.73. The lowest BCUT2D eigenvalue weighted by Gasteiger charge is -2.46.